The summed E-state index contributed by atoms with van der Waals surface area (Å²) in [6, 6.07) is 6.77. The van der Waals surface area contributed by atoms with Crippen molar-refractivity contribution >= 4 is 0 Å². The highest BCUT2D eigenvalue weighted by molar-refractivity contribution is 5.36. The summed E-state index contributed by atoms with van der Waals surface area (Å²) in [6.07, 6.45) is 0. The molecule has 0 aliphatic heterocycles. The molecule has 5 nitrogen and oxygen atoms in total. The van der Waals surface area contributed by atoms with E-state index in [0.717, 1.165) is 11.5 Å². The molecule has 0 atom stereocenters. The van der Waals surface area contributed by atoms with E-state index in [9.17, 15) is 0 Å². The molecule has 2 rings (SSSR count). The number of aromatic nitrogens is 3. The smallest absolute Gasteiger partial charge is 0.164 e. The van der Waals surface area contributed by atoms with Crippen LogP contribution in [0.25, 0.3) is 5.69 Å². The number of rotatable bonds is 2. The number of hydrogen-bond acceptors (Lipinski definition) is 4. The third-order valence-corrected chi connectivity index (χ3v) is 2.09. The normalized spacial score (nSPS) is 10.5. The highest BCUT2D eigenvalue weighted by Gasteiger charge is 2.06. The summed E-state index contributed by atoms with van der Waals surface area (Å²) in [5, 5.41) is 13.4. The number of aryl methyl sites for hydroxylation is 1. The molecule has 78 valence electrons. The van der Waals surface area contributed by atoms with Gasteiger partial charge < -0.3 is 10.8 Å². The number of nitrogens with two attached hydrogens (primary N) is 1. The van der Waals surface area contributed by atoms with Crippen molar-refractivity contribution in [2.75, 3.05) is 0 Å². The monoisotopic (exact) mass is 204 g/mol. The van der Waals surface area contributed by atoms with Crippen LogP contribution in [-0.4, -0.2) is 19.9 Å². The molecule has 0 unspecified atom stereocenters. The van der Waals surface area contributed by atoms with Crippen LogP contribution in [0.4, 0.5) is 0 Å². The number of nitrogens with zero attached hydrogens (tertiary/aromatic N) is 3. The molecule has 1 heterocycles. The summed E-state index contributed by atoms with van der Waals surface area (Å²) in [7, 11) is 0. The first kappa shape index (κ1) is 9.67. The van der Waals surface area contributed by atoms with E-state index in [1.54, 1.807) is 28.9 Å². The van der Waals surface area contributed by atoms with Crippen LogP contribution in [0.15, 0.2) is 24.3 Å². The molecule has 0 fully saturated rings. The molecular formula is C10H12N4O. The van der Waals surface area contributed by atoms with Gasteiger partial charge in [-0.05, 0) is 31.2 Å². The second kappa shape index (κ2) is 3.70. The number of phenolic OH excluding ortho intramolecular Hbond substituents is 1. The lowest BCUT2D eigenvalue weighted by atomic mass is 10.3. The van der Waals surface area contributed by atoms with Crippen molar-refractivity contribution in [3.05, 3.63) is 35.9 Å². The molecule has 1 aromatic heterocycles. The van der Waals surface area contributed by atoms with Gasteiger partial charge in [0.2, 0.25) is 0 Å². The SMILES string of the molecule is Cc1nc(CN)nn1-c1ccc(O)cc1. The van der Waals surface area contributed by atoms with Gasteiger partial charge in [-0.1, -0.05) is 0 Å². The van der Waals surface area contributed by atoms with Crippen molar-refractivity contribution in [1.29, 1.82) is 0 Å². The van der Waals surface area contributed by atoms with Gasteiger partial charge in [-0.25, -0.2) is 9.67 Å². The number of phenols is 1. The Morgan fingerprint density at radius 2 is 2.00 bits per heavy atom. The molecule has 0 bridgehead atoms. The van der Waals surface area contributed by atoms with Crippen molar-refractivity contribution < 1.29 is 5.11 Å². The summed E-state index contributed by atoms with van der Waals surface area (Å²) in [5.41, 5.74) is 6.31. The predicted octanol–water partition coefficient (Wildman–Crippen LogP) is 0.740. The second-order valence-electron chi connectivity index (χ2n) is 3.21. The van der Waals surface area contributed by atoms with E-state index in [0.29, 0.717) is 12.4 Å². The van der Waals surface area contributed by atoms with Gasteiger partial charge in [-0.2, -0.15) is 0 Å². The van der Waals surface area contributed by atoms with Crippen molar-refractivity contribution in [3.8, 4) is 11.4 Å². The van der Waals surface area contributed by atoms with Crippen molar-refractivity contribution in [1.82, 2.24) is 14.8 Å². The molecule has 2 aromatic rings. The predicted molar refractivity (Wildman–Crippen MR) is 55.7 cm³/mol. The van der Waals surface area contributed by atoms with Crippen LogP contribution in [0.5, 0.6) is 5.75 Å². The maximum absolute atomic E-state index is 9.16. The summed E-state index contributed by atoms with van der Waals surface area (Å²) >= 11 is 0. The zero-order valence-corrected chi connectivity index (χ0v) is 8.38. The van der Waals surface area contributed by atoms with Crippen LogP contribution in [0.1, 0.15) is 11.6 Å². The molecule has 0 aliphatic rings. The lowest BCUT2D eigenvalue weighted by Crippen LogP contribution is -2.01. The standard InChI is InChI=1S/C10H12N4O/c1-7-12-10(6-11)13-14(7)8-2-4-9(15)5-3-8/h2-5,15H,6,11H2,1H3. The maximum atomic E-state index is 9.16. The highest BCUT2D eigenvalue weighted by atomic mass is 16.3. The number of aromatic hydroxyl groups is 1. The van der Waals surface area contributed by atoms with Crippen molar-refractivity contribution in [3.63, 3.8) is 0 Å². The topological polar surface area (TPSA) is 77.0 Å². The Bertz CT molecular complexity index is 461. The van der Waals surface area contributed by atoms with Crippen LogP contribution in [-0.2, 0) is 6.54 Å². The fourth-order valence-electron chi connectivity index (χ4n) is 1.37. The molecule has 0 saturated heterocycles. The number of benzene rings is 1. The van der Waals surface area contributed by atoms with Crippen LogP contribution < -0.4 is 5.73 Å². The molecular weight excluding hydrogens is 192 g/mol. The van der Waals surface area contributed by atoms with E-state index in [2.05, 4.69) is 10.1 Å². The van der Waals surface area contributed by atoms with Gasteiger partial charge in [0.05, 0.1) is 12.2 Å². The van der Waals surface area contributed by atoms with E-state index in [-0.39, 0.29) is 5.75 Å². The van der Waals surface area contributed by atoms with E-state index in [1.165, 1.54) is 0 Å². The molecule has 0 saturated carbocycles. The van der Waals surface area contributed by atoms with E-state index in [1.807, 2.05) is 6.92 Å². The first-order valence-electron chi connectivity index (χ1n) is 4.62. The average Bonchev–Trinajstić information content (AvgIpc) is 2.61. The number of hydrogen-bond donors (Lipinski definition) is 2. The minimum atomic E-state index is 0.232. The molecule has 0 spiro atoms. The second-order valence-corrected chi connectivity index (χ2v) is 3.21. The third kappa shape index (κ3) is 1.82. The van der Waals surface area contributed by atoms with Crippen molar-refractivity contribution in [2.24, 2.45) is 5.73 Å². The Labute approximate surface area is 87.2 Å². The molecule has 15 heavy (non-hydrogen) atoms. The van der Waals surface area contributed by atoms with Gasteiger partial charge in [0.25, 0.3) is 0 Å². The largest absolute Gasteiger partial charge is 0.508 e. The maximum Gasteiger partial charge on any atom is 0.164 e. The Morgan fingerprint density at radius 1 is 1.33 bits per heavy atom. The Kier molecular flexibility index (Phi) is 2.39. The zero-order chi connectivity index (χ0) is 10.8. The average molecular weight is 204 g/mol. The quantitative estimate of drug-likeness (QED) is 0.756. The van der Waals surface area contributed by atoms with E-state index >= 15 is 0 Å². The van der Waals surface area contributed by atoms with Gasteiger partial charge >= 0.3 is 0 Å². The van der Waals surface area contributed by atoms with E-state index in [4.69, 9.17) is 10.8 Å². The van der Waals surface area contributed by atoms with Crippen LogP contribution in [0.2, 0.25) is 0 Å². The Balaban J connectivity index is 2.44. The minimum Gasteiger partial charge on any atom is -0.508 e. The van der Waals surface area contributed by atoms with Gasteiger partial charge in [0.15, 0.2) is 5.82 Å². The lowest BCUT2D eigenvalue weighted by Gasteiger charge is -2.02. The summed E-state index contributed by atoms with van der Waals surface area (Å²) in [6.45, 7) is 2.19. The van der Waals surface area contributed by atoms with Gasteiger partial charge in [-0.3, -0.25) is 0 Å². The molecule has 0 radical (unpaired) electrons. The van der Waals surface area contributed by atoms with Gasteiger partial charge in [0, 0.05) is 0 Å². The third-order valence-electron chi connectivity index (χ3n) is 2.09. The van der Waals surface area contributed by atoms with Gasteiger partial charge in [0.1, 0.15) is 11.6 Å². The fraction of sp³-hybridized carbons (Fsp3) is 0.200. The molecule has 1 aromatic carbocycles. The Morgan fingerprint density at radius 3 is 2.53 bits per heavy atom. The molecule has 5 heteroatoms. The summed E-state index contributed by atoms with van der Waals surface area (Å²) < 4.78 is 1.70. The first-order valence-corrected chi connectivity index (χ1v) is 4.62. The van der Waals surface area contributed by atoms with Crippen LogP contribution >= 0.6 is 0 Å². The Hall–Kier alpha value is -1.88. The lowest BCUT2D eigenvalue weighted by molar-refractivity contribution is 0.475. The van der Waals surface area contributed by atoms with Crippen LogP contribution in [0.3, 0.4) is 0 Å². The zero-order valence-electron chi connectivity index (χ0n) is 8.38. The summed E-state index contributed by atoms with van der Waals surface area (Å²) in [5.74, 6) is 1.62. The van der Waals surface area contributed by atoms with Crippen molar-refractivity contribution in [2.45, 2.75) is 13.5 Å². The first-order chi connectivity index (χ1) is 7.20. The summed E-state index contributed by atoms with van der Waals surface area (Å²) in [4.78, 5) is 4.19. The molecule has 3 N–H and O–H groups in total. The highest BCUT2D eigenvalue weighted by Crippen LogP contribution is 2.14. The fourth-order valence-corrected chi connectivity index (χ4v) is 1.37. The van der Waals surface area contributed by atoms with Crippen LogP contribution in [0, 0.1) is 6.92 Å². The molecule has 0 amide bonds. The van der Waals surface area contributed by atoms with E-state index < -0.39 is 0 Å². The molecule has 0 aliphatic carbocycles. The minimum absolute atomic E-state index is 0.232. The van der Waals surface area contributed by atoms with Gasteiger partial charge in [-0.15, -0.1) is 5.10 Å².